The van der Waals surface area contributed by atoms with E-state index in [2.05, 4.69) is 187 Å². The molecular weight excluding hydrogens is 1060 g/mol. The van der Waals surface area contributed by atoms with E-state index in [1.165, 1.54) is 27.7 Å². The highest BCUT2D eigenvalue weighted by Gasteiger charge is 2.37. The molecule has 0 heterocycles. The molecule has 84 heavy (non-hydrogen) atoms. The minimum Gasteiger partial charge on any atom is -0.479 e. The lowest BCUT2D eigenvalue weighted by molar-refractivity contribution is -0.145. The predicted octanol–water partition coefficient (Wildman–Crippen LogP) is 16.6. The molecule has 1 aliphatic carbocycles. The number of hydrogen-bond acceptors (Lipinski definition) is 8. The molecule has 12 nitrogen and oxygen atoms in total. The summed E-state index contributed by atoms with van der Waals surface area (Å²) in [6.07, 6.45) is -1.80. The molecule has 0 radical (unpaired) electrons. The van der Waals surface area contributed by atoms with Gasteiger partial charge >= 0.3 is 23.9 Å². The molecule has 0 aliphatic heterocycles. The fraction of sp³-hybridized carbons (Fsp3) is 0.611. The highest BCUT2D eigenvalue weighted by molar-refractivity contribution is 5.75. The zero-order chi connectivity index (χ0) is 64.0. The molecule has 4 atom stereocenters. The smallest absolute Gasteiger partial charge is 0.344 e. The summed E-state index contributed by atoms with van der Waals surface area (Å²) < 4.78 is 27.2. The minimum atomic E-state index is -1.32. The van der Waals surface area contributed by atoms with Gasteiger partial charge in [-0.15, -0.1) is 0 Å². The fourth-order valence-corrected chi connectivity index (χ4v) is 13.7. The van der Waals surface area contributed by atoms with E-state index < -0.39 is 70.0 Å². The van der Waals surface area contributed by atoms with Gasteiger partial charge in [0.25, 0.3) is 0 Å². The van der Waals surface area contributed by atoms with Crippen molar-refractivity contribution in [3.63, 3.8) is 0 Å². The molecule has 4 unspecified atom stereocenters. The lowest BCUT2D eigenvalue weighted by Gasteiger charge is -2.36. The molecule has 4 aromatic carbocycles. The topological polar surface area (TPSA) is 186 Å². The molecule has 4 aromatic rings. The number of hydrogen-bond donors (Lipinski definition) is 4. The lowest BCUT2D eigenvalue weighted by Crippen LogP contribution is -2.28. The van der Waals surface area contributed by atoms with Crippen molar-refractivity contribution in [2.45, 2.75) is 264 Å². The van der Waals surface area contributed by atoms with Crippen LogP contribution in [0.3, 0.4) is 0 Å². The van der Waals surface area contributed by atoms with Crippen LogP contribution in [0.15, 0.2) is 48.5 Å². The van der Waals surface area contributed by atoms with Crippen molar-refractivity contribution in [3.8, 4) is 23.0 Å². The van der Waals surface area contributed by atoms with E-state index in [4.69, 9.17) is 18.9 Å². The third-order valence-electron chi connectivity index (χ3n) is 16.1. The van der Waals surface area contributed by atoms with Crippen molar-refractivity contribution in [2.24, 2.45) is 21.7 Å². The van der Waals surface area contributed by atoms with Gasteiger partial charge in [-0.3, -0.25) is 0 Å². The van der Waals surface area contributed by atoms with Crippen LogP contribution < -0.4 is 18.9 Å². The second-order valence-electron chi connectivity index (χ2n) is 32.1. The Bertz CT molecular complexity index is 2580. The second-order valence-corrected chi connectivity index (χ2v) is 32.1. The first-order chi connectivity index (χ1) is 38.0. The molecule has 8 bridgehead atoms. The summed E-state index contributed by atoms with van der Waals surface area (Å²) in [5.41, 5.74) is 6.63. The molecular formula is C72H104O12. The molecule has 1 aliphatic rings. The van der Waals surface area contributed by atoms with Crippen LogP contribution >= 0.6 is 0 Å². The predicted molar refractivity (Wildman–Crippen MR) is 336 cm³/mol. The van der Waals surface area contributed by atoms with E-state index >= 15 is 0 Å². The molecule has 0 aromatic heterocycles. The summed E-state index contributed by atoms with van der Waals surface area (Å²) in [6, 6.07) is 16.8. The normalized spacial score (nSPS) is 15.3. The summed E-state index contributed by atoms with van der Waals surface area (Å²) in [5.74, 6) is -3.37. The minimum absolute atomic E-state index is 0.106. The summed E-state index contributed by atoms with van der Waals surface area (Å²) in [5, 5.41) is 42.8. The van der Waals surface area contributed by atoms with Crippen LogP contribution in [0.1, 0.15) is 259 Å². The van der Waals surface area contributed by atoms with Gasteiger partial charge in [0.05, 0.1) is 0 Å². The Balaban J connectivity index is 2.23. The Morgan fingerprint density at radius 3 is 0.548 bits per heavy atom. The Labute approximate surface area is 503 Å². The van der Waals surface area contributed by atoms with Crippen molar-refractivity contribution in [3.05, 3.63) is 115 Å². The highest BCUT2D eigenvalue weighted by atomic mass is 16.5. The number of ether oxygens (including phenoxy) is 4. The third kappa shape index (κ3) is 18.0. The summed E-state index contributed by atoms with van der Waals surface area (Å²) in [7, 11) is 0. The van der Waals surface area contributed by atoms with Crippen molar-refractivity contribution in [1.29, 1.82) is 0 Å². The molecule has 0 amide bonds. The van der Waals surface area contributed by atoms with Crippen LogP contribution in [-0.4, -0.2) is 68.7 Å². The maximum Gasteiger partial charge on any atom is 0.344 e. The first-order valence-electron chi connectivity index (χ1n) is 30.2. The fourth-order valence-electron chi connectivity index (χ4n) is 13.7. The van der Waals surface area contributed by atoms with E-state index in [-0.39, 0.29) is 47.3 Å². The first kappa shape index (κ1) is 68.7. The monoisotopic (exact) mass is 1160 g/mol. The number of carbonyl (C=O) groups is 4. The van der Waals surface area contributed by atoms with Crippen molar-refractivity contribution in [1.82, 2.24) is 0 Å². The van der Waals surface area contributed by atoms with Crippen LogP contribution in [0.4, 0.5) is 0 Å². The molecule has 464 valence electrons. The zero-order valence-electron chi connectivity index (χ0n) is 55.6. The summed E-state index contributed by atoms with van der Waals surface area (Å²) in [4.78, 5) is 52.4. The molecule has 0 fully saturated rings. The van der Waals surface area contributed by atoms with Crippen LogP contribution in [0.2, 0.25) is 0 Å². The SMILES string of the molecule is CC(Oc1c2cc(C(C)(C)CC(C)(C)C)cc1Cc1cc(C(C)(C)CC(C)(C)C)cc(c1OC(C)C(=O)O)Cc1cc(C(C)(C)CC(C)(C)C)cc(c1OC(C)C(=O)O)Cc1cc(C(C)(C)CC(C)(C)C)cc(c1OC(C)C(=O)O)C2)C(=O)O. The first-order valence-corrected chi connectivity index (χ1v) is 30.2. The van der Waals surface area contributed by atoms with Gasteiger partial charge in [-0.25, -0.2) is 19.2 Å². The number of fused-ring (bicyclic) bond motifs is 8. The van der Waals surface area contributed by atoms with E-state index in [1.54, 1.807) is 0 Å². The Morgan fingerprint density at radius 2 is 0.440 bits per heavy atom. The molecule has 0 saturated carbocycles. The van der Waals surface area contributed by atoms with Gasteiger partial charge in [-0.2, -0.15) is 0 Å². The van der Waals surface area contributed by atoms with E-state index in [0.717, 1.165) is 47.9 Å². The van der Waals surface area contributed by atoms with Gasteiger partial charge < -0.3 is 39.4 Å². The number of aliphatic carboxylic acids is 4. The van der Waals surface area contributed by atoms with E-state index in [1.807, 2.05) is 0 Å². The maximum atomic E-state index is 13.1. The van der Waals surface area contributed by atoms with Gasteiger partial charge in [0.15, 0.2) is 24.4 Å². The van der Waals surface area contributed by atoms with E-state index in [9.17, 15) is 39.6 Å². The van der Waals surface area contributed by atoms with Crippen molar-refractivity contribution in [2.75, 3.05) is 0 Å². The third-order valence-corrected chi connectivity index (χ3v) is 16.1. The summed E-state index contributed by atoms with van der Waals surface area (Å²) in [6.45, 7) is 50.1. The quantitative estimate of drug-likeness (QED) is 0.0579. The maximum absolute atomic E-state index is 13.1. The van der Waals surface area contributed by atoms with Crippen LogP contribution in [0.5, 0.6) is 23.0 Å². The molecule has 0 saturated heterocycles. The average molecular weight is 1160 g/mol. The lowest BCUT2D eigenvalue weighted by atomic mass is 9.70. The summed E-state index contributed by atoms with van der Waals surface area (Å²) >= 11 is 0. The van der Waals surface area contributed by atoms with Crippen molar-refractivity contribution >= 4 is 23.9 Å². The van der Waals surface area contributed by atoms with Gasteiger partial charge in [0.2, 0.25) is 0 Å². The van der Waals surface area contributed by atoms with E-state index in [0.29, 0.717) is 67.5 Å². The van der Waals surface area contributed by atoms with Gasteiger partial charge in [-0.1, -0.05) is 187 Å². The second kappa shape index (κ2) is 24.7. The van der Waals surface area contributed by atoms with Crippen LogP contribution in [0, 0.1) is 21.7 Å². The van der Waals surface area contributed by atoms with Gasteiger partial charge in [0, 0.05) is 25.7 Å². The molecule has 4 N–H and O–H groups in total. The molecule has 0 spiro atoms. The number of carboxylic acids is 4. The number of benzene rings is 4. The number of rotatable bonds is 20. The van der Waals surface area contributed by atoms with Crippen molar-refractivity contribution < 1.29 is 58.6 Å². The van der Waals surface area contributed by atoms with Gasteiger partial charge in [0.1, 0.15) is 23.0 Å². The van der Waals surface area contributed by atoms with Crippen LogP contribution in [0.25, 0.3) is 0 Å². The highest BCUT2D eigenvalue weighted by Crippen LogP contribution is 2.49. The Morgan fingerprint density at radius 1 is 0.310 bits per heavy atom. The van der Waals surface area contributed by atoms with Gasteiger partial charge in [-0.05, 0) is 163 Å². The standard InChI is InChI=1S/C72H104O12/c1-41(61(73)74)81-57-45-25-47-31-54(70(19,20)38-66(8,9)10)33-49(58(47)82-42(2)62(75)76)27-51-35-56(72(23,24)40-68(14,15)16)36-52(60(51)84-44(4)64(79)80)28-50-34-55(71(21,22)39-67(11,12)13)32-48(59(50)83-43(3)63(77)78)26-46(57)30-53(29-45)69(17,18)37-65(5,6)7/h29-36,41-44H,25-28,37-40H2,1-24H3,(H,73,74)(H,75,76)(H,77,78)(H,79,80). The Hall–Kier alpha value is -6.04. The number of carboxylic acid groups (broad SMARTS) is 4. The molecule has 12 heteroatoms. The average Bonchev–Trinajstić information content (AvgIpc) is 1.76. The zero-order valence-corrected chi connectivity index (χ0v) is 55.6. The van der Waals surface area contributed by atoms with Crippen LogP contribution in [-0.2, 0) is 66.5 Å². The largest absolute Gasteiger partial charge is 0.479 e. The molecule has 5 rings (SSSR count). The Kier molecular flexibility index (Phi) is 20.2.